The molecule has 0 aromatic heterocycles. The Kier molecular flexibility index (Phi) is 8.12. The third-order valence-corrected chi connectivity index (χ3v) is 4.46. The van der Waals surface area contributed by atoms with Gasteiger partial charge in [-0.15, -0.1) is 0 Å². The number of benzene rings is 1. The number of aliphatic imine (C=N–C) groups is 1. The Labute approximate surface area is 153 Å². The number of nitrogens with two attached hydrogens (primary N) is 1. The first-order valence-corrected chi connectivity index (χ1v) is 9.02. The molecule has 24 heavy (non-hydrogen) atoms. The van der Waals surface area contributed by atoms with E-state index in [-0.39, 0.29) is 6.04 Å². The standard InChI is InChI=1S/C17H25Cl2N3O2/c1-12(15-4-3-13(18)11-16(15)19)22-17(20)21-7-2-8-24-14-5-9-23-10-6-14/h3-4,11-12,14H,2,5-10H2,1H3,(H3,20,21,22). The van der Waals surface area contributed by atoms with Crippen molar-refractivity contribution in [3.63, 3.8) is 0 Å². The molecular weight excluding hydrogens is 349 g/mol. The van der Waals surface area contributed by atoms with Gasteiger partial charge in [-0.2, -0.15) is 0 Å². The van der Waals surface area contributed by atoms with Gasteiger partial charge in [0.1, 0.15) is 0 Å². The van der Waals surface area contributed by atoms with Crippen LogP contribution < -0.4 is 11.1 Å². The van der Waals surface area contributed by atoms with E-state index in [1.165, 1.54) is 0 Å². The van der Waals surface area contributed by atoms with Crippen molar-refractivity contribution in [1.82, 2.24) is 5.32 Å². The van der Waals surface area contributed by atoms with Gasteiger partial charge in [-0.25, -0.2) is 0 Å². The van der Waals surface area contributed by atoms with Crippen molar-refractivity contribution in [2.75, 3.05) is 26.4 Å². The average molecular weight is 374 g/mol. The van der Waals surface area contributed by atoms with Gasteiger partial charge in [0.25, 0.3) is 0 Å². The third kappa shape index (κ3) is 6.48. The molecule has 0 bridgehead atoms. The van der Waals surface area contributed by atoms with Crippen molar-refractivity contribution < 1.29 is 9.47 Å². The summed E-state index contributed by atoms with van der Waals surface area (Å²) < 4.78 is 11.1. The largest absolute Gasteiger partial charge is 0.381 e. The van der Waals surface area contributed by atoms with Crippen molar-refractivity contribution >= 4 is 29.2 Å². The quantitative estimate of drug-likeness (QED) is 0.435. The minimum Gasteiger partial charge on any atom is -0.381 e. The van der Waals surface area contributed by atoms with E-state index in [1.54, 1.807) is 6.07 Å². The monoisotopic (exact) mass is 373 g/mol. The second-order valence-electron chi connectivity index (χ2n) is 5.83. The van der Waals surface area contributed by atoms with E-state index in [0.29, 0.717) is 35.3 Å². The molecule has 1 aliphatic heterocycles. The highest BCUT2D eigenvalue weighted by Crippen LogP contribution is 2.25. The summed E-state index contributed by atoms with van der Waals surface area (Å²) in [5.74, 6) is 0.402. The number of ether oxygens (including phenoxy) is 2. The fraction of sp³-hybridized carbons (Fsp3) is 0.588. The van der Waals surface area contributed by atoms with E-state index in [2.05, 4.69) is 10.3 Å². The zero-order valence-corrected chi connectivity index (χ0v) is 15.4. The third-order valence-electron chi connectivity index (χ3n) is 3.90. The van der Waals surface area contributed by atoms with Crippen molar-refractivity contribution in [1.29, 1.82) is 0 Å². The Morgan fingerprint density at radius 3 is 2.88 bits per heavy atom. The molecule has 1 atom stereocenters. The number of guanidine groups is 1. The van der Waals surface area contributed by atoms with Gasteiger partial charge in [-0.3, -0.25) is 4.99 Å². The maximum atomic E-state index is 6.20. The molecule has 0 aliphatic carbocycles. The van der Waals surface area contributed by atoms with Crippen LogP contribution in [0.4, 0.5) is 0 Å². The molecule has 0 radical (unpaired) electrons. The van der Waals surface area contributed by atoms with Crippen LogP contribution in [-0.2, 0) is 9.47 Å². The maximum absolute atomic E-state index is 6.20. The molecule has 1 aromatic rings. The lowest BCUT2D eigenvalue weighted by molar-refractivity contribution is -0.0318. The Morgan fingerprint density at radius 1 is 1.42 bits per heavy atom. The number of halogens is 2. The molecule has 5 nitrogen and oxygen atoms in total. The van der Waals surface area contributed by atoms with Crippen molar-refractivity contribution in [2.24, 2.45) is 10.7 Å². The minimum atomic E-state index is -0.0444. The Bertz CT molecular complexity index is 549. The zero-order valence-electron chi connectivity index (χ0n) is 13.9. The van der Waals surface area contributed by atoms with Crippen molar-refractivity contribution in [2.45, 2.75) is 38.3 Å². The first kappa shape index (κ1) is 19.3. The second kappa shape index (κ2) is 10.1. The first-order chi connectivity index (χ1) is 11.6. The van der Waals surface area contributed by atoms with Crippen molar-refractivity contribution in [3.8, 4) is 0 Å². The van der Waals surface area contributed by atoms with Gasteiger partial charge >= 0.3 is 0 Å². The normalized spacial score (nSPS) is 17.7. The molecule has 3 N–H and O–H groups in total. The first-order valence-electron chi connectivity index (χ1n) is 8.27. The summed E-state index contributed by atoms with van der Waals surface area (Å²) in [4.78, 5) is 4.33. The van der Waals surface area contributed by atoms with Gasteiger partial charge in [0, 0.05) is 36.4 Å². The Morgan fingerprint density at radius 2 is 2.17 bits per heavy atom. The molecule has 1 unspecified atom stereocenters. The SMILES string of the molecule is CC(NC(N)=NCCCOC1CCOCC1)c1ccc(Cl)cc1Cl. The summed E-state index contributed by atoms with van der Waals surface area (Å²) in [6.45, 7) is 4.89. The van der Waals surface area contributed by atoms with Crippen LogP contribution >= 0.6 is 23.2 Å². The molecule has 0 saturated carbocycles. The molecular formula is C17H25Cl2N3O2. The van der Waals surface area contributed by atoms with Crippen LogP contribution in [0, 0.1) is 0 Å². The molecule has 7 heteroatoms. The van der Waals surface area contributed by atoms with Gasteiger partial charge in [0.2, 0.25) is 0 Å². The van der Waals surface area contributed by atoms with Gasteiger partial charge in [-0.05, 0) is 43.9 Å². The molecule has 1 aromatic carbocycles. The minimum absolute atomic E-state index is 0.0444. The lowest BCUT2D eigenvalue weighted by Crippen LogP contribution is -2.34. The predicted octanol–water partition coefficient (Wildman–Crippen LogP) is 3.54. The lowest BCUT2D eigenvalue weighted by atomic mass is 10.1. The van der Waals surface area contributed by atoms with Crippen LogP contribution in [0.1, 0.15) is 37.8 Å². The van der Waals surface area contributed by atoms with Crippen LogP contribution in [0.2, 0.25) is 10.0 Å². The molecule has 0 spiro atoms. The fourth-order valence-corrected chi connectivity index (χ4v) is 3.13. The van der Waals surface area contributed by atoms with Gasteiger partial charge < -0.3 is 20.5 Å². The second-order valence-corrected chi connectivity index (χ2v) is 6.68. The van der Waals surface area contributed by atoms with E-state index in [0.717, 1.165) is 38.0 Å². The maximum Gasteiger partial charge on any atom is 0.189 e. The summed E-state index contributed by atoms with van der Waals surface area (Å²) in [7, 11) is 0. The highest BCUT2D eigenvalue weighted by molar-refractivity contribution is 6.35. The summed E-state index contributed by atoms with van der Waals surface area (Å²) in [5, 5.41) is 4.36. The molecule has 134 valence electrons. The zero-order chi connectivity index (χ0) is 17.4. The summed E-state index contributed by atoms with van der Waals surface area (Å²) >= 11 is 12.1. The number of nitrogens with zero attached hydrogens (tertiary/aromatic N) is 1. The van der Waals surface area contributed by atoms with Crippen molar-refractivity contribution in [3.05, 3.63) is 33.8 Å². The highest BCUT2D eigenvalue weighted by Gasteiger charge is 2.13. The summed E-state index contributed by atoms with van der Waals surface area (Å²) in [5.41, 5.74) is 6.86. The number of hydrogen-bond donors (Lipinski definition) is 2. The van der Waals surface area contributed by atoms with Gasteiger partial charge in [-0.1, -0.05) is 29.3 Å². The molecule has 2 rings (SSSR count). The molecule has 0 amide bonds. The highest BCUT2D eigenvalue weighted by atomic mass is 35.5. The predicted molar refractivity (Wildman–Crippen MR) is 98.9 cm³/mol. The average Bonchev–Trinajstić information content (AvgIpc) is 2.55. The fourth-order valence-electron chi connectivity index (χ4n) is 2.55. The Hall–Kier alpha value is -1.01. The lowest BCUT2D eigenvalue weighted by Gasteiger charge is -2.22. The van der Waals surface area contributed by atoms with Crippen LogP contribution in [-0.4, -0.2) is 38.4 Å². The summed E-state index contributed by atoms with van der Waals surface area (Å²) in [6, 6.07) is 5.37. The van der Waals surface area contributed by atoms with Gasteiger partial charge in [0.15, 0.2) is 5.96 Å². The van der Waals surface area contributed by atoms with Crippen LogP contribution in [0.15, 0.2) is 23.2 Å². The number of rotatable bonds is 7. The molecule has 1 saturated heterocycles. The Balaban J connectivity index is 1.69. The van der Waals surface area contributed by atoms with Gasteiger partial charge in [0.05, 0.1) is 12.1 Å². The number of nitrogens with one attached hydrogen (secondary N) is 1. The van der Waals surface area contributed by atoms with E-state index in [4.69, 9.17) is 38.4 Å². The molecule has 1 heterocycles. The molecule has 1 fully saturated rings. The number of hydrogen-bond acceptors (Lipinski definition) is 3. The van der Waals surface area contributed by atoms with E-state index in [9.17, 15) is 0 Å². The molecule has 1 aliphatic rings. The van der Waals surface area contributed by atoms with E-state index >= 15 is 0 Å². The van der Waals surface area contributed by atoms with Crippen LogP contribution in [0.5, 0.6) is 0 Å². The van der Waals surface area contributed by atoms with E-state index < -0.39 is 0 Å². The van der Waals surface area contributed by atoms with E-state index in [1.807, 2.05) is 19.1 Å². The summed E-state index contributed by atoms with van der Waals surface area (Å²) in [6.07, 6.45) is 3.12. The van der Waals surface area contributed by atoms with Crippen LogP contribution in [0.25, 0.3) is 0 Å². The topological polar surface area (TPSA) is 68.9 Å². The van der Waals surface area contributed by atoms with Crippen LogP contribution in [0.3, 0.4) is 0 Å². The smallest absolute Gasteiger partial charge is 0.189 e.